The summed E-state index contributed by atoms with van der Waals surface area (Å²) in [4.78, 5) is 10.5. The van der Waals surface area contributed by atoms with Crippen molar-refractivity contribution in [1.29, 1.82) is 0 Å². The van der Waals surface area contributed by atoms with E-state index in [0.29, 0.717) is 11.3 Å². The molecule has 1 aromatic heterocycles. The molecule has 1 aliphatic heterocycles. The van der Waals surface area contributed by atoms with Crippen LogP contribution >= 0.6 is 11.6 Å². The zero-order valence-corrected chi connectivity index (χ0v) is 9.75. The van der Waals surface area contributed by atoms with Gasteiger partial charge in [0.2, 0.25) is 5.28 Å². The van der Waals surface area contributed by atoms with Crippen molar-refractivity contribution in [1.82, 2.24) is 15.3 Å². The Balaban J connectivity index is 2.20. The molecule has 0 radical (unpaired) electrons. The first-order valence-electron chi connectivity index (χ1n) is 5.11. The minimum Gasteiger partial charge on any atom is -0.355 e. The minimum absolute atomic E-state index is 0.322. The molecule has 1 fully saturated rings. The second-order valence-electron chi connectivity index (χ2n) is 3.89. The molecule has 1 atom stereocenters. The topological polar surface area (TPSA) is 41.0 Å². The molecule has 0 aliphatic carbocycles. The summed E-state index contributed by atoms with van der Waals surface area (Å²) in [6.45, 7) is 4.02. The molecule has 1 aliphatic rings. The number of aromatic nitrogens is 2. The van der Waals surface area contributed by atoms with Gasteiger partial charge in [-0.3, -0.25) is 0 Å². The maximum Gasteiger partial charge on any atom is 0.224 e. The number of anilines is 1. The number of nitrogens with zero attached hydrogens (tertiary/aromatic N) is 3. The number of aryl methyl sites for hydroxylation is 1. The molecule has 0 spiro atoms. The largest absolute Gasteiger partial charge is 0.355 e. The lowest BCUT2D eigenvalue weighted by Crippen LogP contribution is -2.34. The van der Waals surface area contributed by atoms with Crippen LogP contribution in [0.1, 0.15) is 12.1 Å². The van der Waals surface area contributed by atoms with Crippen molar-refractivity contribution in [2.45, 2.75) is 19.4 Å². The summed E-state index contributed by atoms with van der Waals surface area (Å²) in [6.07, 6.45) is 1.15. The molecular formula is C10H15ClN4. The van der Waals surface area contributed by atoms with E-state index >= 15 is 0 Å². The van der Waals surface area contributed by atoms with E-state index in [0.717, 1.165) is 31.0 Å². The minimum atomic E-state index is 0.322. The zero-order chi connectivity index (χ0) is 10.8. The van der Waals surface area contributed by atoms with Gasteiger partial charge < -0.3 is 10.2 Å². The summed E-state index contributed by atoms with van der Waals surface area (Å²) in [5.74, 6) is 0.904. The van der Waals surface area contributed by atoms with Gasteiger partial charge in [-0.15, -0.1) is 0 Å². The van der Waals surface area contributed by atoms with E-state index in [2.05, 4.69) is 27.2 Å². The summed E-state index contributed by atoms with van der Waals surface area (Å²) in [5.41, 5.74) is 0.905. The first-order chi connectivity index (χ1) is 7.16. The summed E-state index contributed by atoms with van der Waals surface area (Å²) in [7, 11) is 2.05. The third kappa shape index (κ3) is 2.38. The molecule has 2 rings (SSSR count). The van der Waals surface area contributed by atoms with Gasteiger partial charge in [-0.05, 0) is 31.5 Å². The van der Waals surface area contributed by atoms with Crippen LogP contribution in [-0.2, 0) is 0 Å². The van der Waals surface area contributed by atoms with Crippen molar-refractivity contribution in [3.05, 3.63) is 17.0 Å². The number of likely N-dealkylation sites (N-methyl/N-ethyl adjacent to an activating group) is 1. The van der Waals surface area contributed by atoms with Gasteiger partial charge in [0.1, 0.15) is 5.82 Å². The fraction of sp³-hybridized carbons (Fsp3) is 0.600. The molecule has 1 N–H and O–H groups in total. The van der Waals surface area contributed by atoms with Crippen molar-refractivity contribution < 1.29 is 0 Å². The highest BCUT2D eigenvalue weighted by atomic mass is 35.5. The van der Waals surface area contributed by atoms with Crippen LogP contribution in [0.3, 0.4) is 0 Å². The second-order valence-corrected chi connectivity index (χ2v) is 4.23. The van der Waals surface area contributed by atoms with Gasteiger partial charge in [-0.25, -0.2) is 9.97 Å². The number of nitrogens with one attached hydrogen (secondary N) is 1. The van der Waals surface area contributed by atoms with E-state index in [1.807, 2.05) is 13.0 Å². The Labute approximate surface area is 94.7 Å². The van der Waals surface area contributed by atoms with E-state index in [4.69, 9.17) is 11.6 Å². The first-order valence-corrected chi connectivity index (χ1v) is 5.49. The maximum atomic E-state index is 5.84. The molecular weight excluding hydrogens is 212 g/mol. The van der Waals surface area contributed by atoms with Crippen molar-refractivity contribution >= 4 is 17.4 Å². The van der Waals surface area contributed by atoms with Gasteiger partial charge >= 0.3 is 0 Å². The third-order valence-electron chi connectivity index (χ3n) is 2.76. The smallest absolute Gasteiger partial charge is 0.224 e. The highest BCUT2D eigenvalue weighted by molar-refractivity contribution is 6.28. The molecule has 1 saturated heterocycles. The van der Waals surface area contributed by atoms with E-state index < -0.39 is 0 Å². The summed E-state index contributed by atoms with van der Waals surface area (Å²) >= 11 is 5.84. The molecule has 82 valence electrons. The van der Waals surface area contributed by atoms with E-state index in [1.54, 1.807) is 0 Å². The summed E-state index contributed by atoms with van der Waals surface area (Å²) in [5, 5.41) is 3.66. The third-order valence-corrected chi connectivity index (χ3v) is 2.93. The van der Waals surface area contributed by atoms with Crippen molar-refractivity contribution in [3.63, 3.8) is 0 Å². The predicted molar refractivity (Wildman–Crippen MR) is 61.5 cm³/mol. The Bertz CT molecular complexity index is 329. The van der Waals surface area contributed by atoms with Crippen molar-refractivity contribution in [3.8, 4) is 0 Å². The molecule has 0 saturated carbocycles. The van der Waals surface area contributed by atoms with Gasteiger partial charge in [0.05, 0.1) is 0 Å². The lowest BCUT2D eigenvalue weighted by atomic mass is 10.2. The van der Waals surface area contributed by atoms with Crippen LogP contribution in [0.4, 0.5) is 5.82 Å². The Hall–Kier alpha value is -0.870. The van der Waals surface area contributed by atoms with Crippen LogP contribution in [0.15, 0.2) is 6.07 Å². The normalized spacial score (nSPS) is 20.6. The molecule has 0 unspecified atom stereocenters. The SMILES string of the molecule is Cc1cc(N(C)[C@H]2CCNC2)nc(Cl)n1. The standard InChI is InChI=1S/C10H15ClN4/c1-7-5-9(14-10(11)13-7)15(2)8-3-4-12-6-8/h5,8,12H,3-4,6H2,1-2H3/t8-/m0/s1. The molecule has 0 amide bonds. The number of hydrogen-bond acceptors (Lipinski definition) is 4. The average molecular weight is 227 g/mol. The highest BCUT2D eigenvalue weighted by Gasteiger charge is 2.20. The van der Waals surface area contributed by atoms with Crippen LogP contribution < -0.4 is 10.2 Å². The van der Waals surface area contributed by atoms with E-state index in [-0.39, 0.29) is 0 Å². The maximum absolute atomic E-state index is 5.84. The molecule has 5 heteroatoms. The fourth-order valence-corrected chi connectivity index (χ4v) is 2.07. The van der Waals surface area contributed by atoms with Gasteiger partial charge in [0.25, 0.3) is 0 Å². The van der Waals surface area contributed by atoms with Crippen LogP contribution in [0.25, 0.3) is 0 Å². The van der Waals surface area contributed by atoms with Gasteiger partial charge in [0, 0.05) is 31.4 Å². The second kappa shape index (κ2) is 4.33. The average Bonchev–Trinajstić information content (AvgIpc) is 2.67. The Morgan fingerprint density at radius 3 is 2.93 bits per heavy atom. The molecule has 2 heterocycles. The van der Waals surface area contributed by atoms with Crippen LogP contribution in [0, 0.1) is 6.92 Å². The Morgan fingerprint density at radius 1 is 1.53 bits per heavy atom. The van der Waals surface area contributed by atoms with Crippen LogP contribution in [0.5, 0.6) is 0 Å². The Kier molecular flexibility index (Phi) is 3.07. The van der Waals surface area contributed by atoms with Gasteiger partial charge in [-0.2, -0.15) is 0 Å². The molecule has 4 nitrogen and oxygen atoms in total. The lowest BCUT2D eigenvalue weighted by molar-refractivity contribution is 0.676. The zero-order valence-electron chi connectivity index (χ0n) is 9.00. The lowest BCUT2D eigenvalue weighted by Gasteiger charge is -2.24. The van der Waals surface area contributed by atoms with Crippen LogP contribution in [0.2, 0.25) is 5.28 Å². The quantitative estimate of drug-likeness (QED) is 0.771. The highest BCUT2D eigenvalue weighted by Crippen LogP contribution is 2.18. The summed E-state index contributed by atoms with van der Waals surface area (Å²) < 4.78 is 0. The van der Waals surface area contributed by atoms with Crippen molar-refractivity contribution in [2.24, 2.45) is 0 Å². The molecule has 0 aromatic carbocycles. The first kappa shape index (κ1) is 10.6. The molecule has 1 aromatic rings. The number of hydrogen-bond donors (Lipinski definition) is 1. The predicted octanol–water partition coefficient (Wildman–Crippen LogP) is 1.24. The number of halogens is 1. The van der Waals surface area contributed by atoms with Crippen molar-refractivity contribution in [2.75, 3.05) is 25.0 Å². The fourth-order valence-electron chi connectivity index (χ4n) is 1.85. The van der Waals surface area contributed by atoms with Crippen LogP contribution in [-0.4, -0.2) is 36.1 Å². The van der Waals surface area contributed by atoms with E-state index in [1.165, 1.54) is 0 Å². The number of rotatable bonds is 2. The van der Waals surface area contributed by atoms with Gasteiger partial charge in [0.15, 0.2) is 0 Å². The molecule has 0 bridgehead atoms. The Morgan fingerprint density at radius 2 is 2.33 bits per heavy atom. The van der Waals surface area contributed by atoms with E-state index in [9.17, 15) is 0 Å². The monoisotopic (exact) mass is 226 g/mol. The van der Waals surface area contributed by atoms with Gasteiger partial charge in [-0.1, -0.05) is 0 Å². The molecule has 15 heavy (non-hydrogen) atoms. The summed E-state index contributed by atoms with van der Waals surface area (Å²) in [6, 6.07) is 2.47.